The number of ether oxygens (including phenoxy) is 2. The molecule has 2 aromatic rings. The fraction of sp³-hybridized carbons (Fsp3) is 0.154. The molecule has 1 aromatic heterocycles. The SMILES string of the molecule is COc1ncc(Cl)c(Oc2cc(C(=O)O)ccc2C)n1. The van der Waals surface area contributed by atoms with Gasteiger partial charge in [0.25, 0.3) is 0 Å². The number of rotatable bonds is 4. The van der Waals surface area contributed by atoms with E-state index in [1.165, 1.54) is 25.4 Å². The van der Waals surface area contributed by atoms with E-state index >= 15 is 0 Å². The van der Waals surface area contributed by atoms with E-state index in [9.17, 15) is 4.79 Å². The van der Waals surface area contributed by atoms with E-state index < -0.39 is 5.97 Å². The number of halogens is 1. The number of aromatic nitrogens is 2. The van der Waals surface area contributed by atoms with Crippen LogP contribution in [0.15, 0.2) is 24.4 Å². The lowest BCUT2D eigenvalue weighted by Gasteiger charge is -2.10. The minimum absolute atomic E-state index is 0.101. The Labute approximate surface area is 120 Å². The Hall–Kier alpha value is -2.34. The van der Waals surface area contributed by atoms with Gasteiger partial charge < -0.3 is 14.6 Å². The summed E-state index contributed by atoms with van der Waals surface area (Å²) < 4.78 is 10.4. The van der Waals surface area contributed by atoms with Crippen LogP contribution in [0.5, 0.6) is 17.6 Å². The quantitative estimate of drug-likeness (QED) is 0.933. The van der Waals surface area contributed by atoms with Gasteiger partial charge in [-0.15, -0.1) is 0 Å². The van der Waals surface area contributed by atoms with Crippen LogP contribution in [0, 0.1) is 6.92 Å². The zero-order chi connectivity index (χ0) is 14.7. The highest BCUT2D eigenvalue weighted by molar-refractivity contribution is 6.31. The Balaban J connectivity index is 2.38. The molecule has 0 aliphatic carbocycles. The standard InChI is InChI=1S/C13H11ClN2O4/c1-7-3-4-8(12(17)18)5-10(7)20-11-9(14)6-15-13(16-11)19-2/h3-6H,1-2H3,(H,17,18). The molecule has 1 heterocycles. The van der Waals surface area contributed by atoms with Crippen LogP contribution in [0.1, 0.15) is 15.9 Å². The van der Waals surface area contributed by atoms with Crippen LogP contribution in [-0.4, -0.2) is 28.2 Å². The molecule has 0 bridgehead atoms. The van der Waals surface area contributed by atoms with Crippen molar-refractivity contribution >= 4 is 17.6 Å². The average molecular weight is 295 g/mol. The van der Waals surface area contributed by atoms with Crippen molar-refractivity contribution in [3.63, 3.8) is 0 Å². The van der Waals surface area contributed by atoms with E-state index in [-0.39, 0.29) is 22.5 Å². The minimum atomic E-state index is -1.04. The van der Waals surface area contributed by atoms with Crippen molar-refractivity contribution < 1.29 is 19.4 Å². The van der Waals surface area contributed by atoms with E-state index in [0.717, 1.165) is 5.56 Å². The smallest absolute Gasteiger partial charge is 0.335 e. The van der Waals surface area contributed by atoms with Gasteiger partial charge in [0, 0.05) is 0 Å². The van der Waals surface area contributed by atoms with Gasteiger partial charge in [0.1, 0.15) is 10.8 Å². The van der Waals surface area contributed by atoms with Gasteiger partial charge >= 0.3 is 12.0 Å². The fourth-order valence-electron chi connectivity index (χ4n) is 1.45. The second kappa shape index (κ2) is 5.75. The van der Waals surface area contributed by atoms with Gasteiger partial charge in [-0.3, -0.25) is 0 Å². The van der Waals surface area contributed by atoms with E-state index in [1.807, 2.05) is 0 Å². The third kappa shape index (κ3) is 2.97. The molecule has 2 rings (SSSR count). The second-order valence-corrected chi connectivity index (χ2v) is 4.30. The van der Waals surface area contributed by atoms with Crippen molar-refractivity contribution in [2.24, 2.45) is 0 Å². The molecule has 0 saturated carbocycles. The van der Waals surface area contributed by atoms with Gasteiger partial charge in [-0.25, -0.2) is 9.78 Å². The molecule has 0 amide bonds. The first-order valence-corrected chi connectivity index (χ1v) is 5.97. The summed E-state index contributed by atoms with van der Waals surface area (Å²) in [5.74, 6) is -0.585. The van der Waals surface area contributed by atoms with Gasteiger partial charge in [-0.2, -0.15) is 4.98 Å². The van der Waals surface area contributed by atoms with Crippen molar-refractivity contribution in [1.82, 2.24) is 9.97 Å². The lowest BCUT2D eigenvalue weighted by molar-refractivity contribution is 0.0696. The first-order chi connectivity index (χ1) is 9.51. The minimum Gasteiger partial charge on any atom is -0.478 e. The molecule has 20 heavy (non-hydrogen) atoms. The predicted molar refractivity (Wildman–Crippen MR) is 71.8 cm³/mol. The predicted octanol–water partition coefficient (Wildman–Crippen LogP) is 2.94. The summed E-state index contributed by atoms with van der Waals surface area (Å²) in [6.07, 6.45) is 1.35. The number of aryl methyl sites for hydroxylation is 1. The summed E-state index contributed by atoms with van der Waals surface area (Å²) in [7, 11) is 1.42. The molecular formula is C13H11ClN2O4. The van der Waals surface area contributed by atoms with E-state index in [1.54, 1.807) is 13.0 Å². The summed E-state index contributed by atoms with van der Waals surface area (Å²) in [4.78, 5) is 18.8. The Kier molecular flexibility index (Phi) is 4.05. The maximum absolute atomic E-state index is 11.0. The Morgan fingerprint density at radius 2 is 2.15 bits per heavy atom. The summed E-state index contributed by atoms with van der Waals surface area (Å²) in [5, 5.41) is 9.18. The number of methoxy groups -OCH3 is 1. The topological polar surface area (TPSA) is 81.5 Å². The summed E-state index contributed by atoms with van der Waals surface area (Å²) in [6, 6.07) is 4.65. The number of carboxylic acids is 1. The Morgan fingerprint density at radius 1 is 1.40 bits per heavy atom. The number of hydrogen-bond donors (Lipinski definition) is 1. The lowest BCUT2D eigenvalue weighted by Crippen LogP contribution is -1.99. The molecular weight excluding hydrogens is 284 g/mol. The van der Waals surface area contributed by atoms with Gasteiger partial charge in [-0.05, 0) is 24.6 Å². The normalized spacial score (nSPS) is 10.2. The molecule has 7 heteroatoms. The highest BCUT2D eigenvalue weighted by atomic mass is 35.5. The maximum atomic E-state index is 11.0. The molecule has 1 N–H and O–H groups in total. The van der Waals surface area contributed by atoms with Gasteiger partial charge in [0.15, 0.2) is 0 Å². The molecule has 0 atom stereocenters. The van der Waals surface area contributed by atoms with Crippen LogP contribution in [0.4, 0.5) is 0 Å². The van der Waals surface area contributed by atoms with Crippen LogP contribution >= 0.6 is 11.6 Å². The number of carboxylic acid groups (broad SMARTS) is 1. The van der Waals surface area contributed by atoms with Crippen LogP contribution in [0.25, 0.3) is 0 Å². The van der Waals surface area contributed by atoms with Crippen molar-refractivity contribution in [3.8, 4) is 17.6 Å². The molecule has 0 unspecified atom stereocenters. The van der Waals surface area contributed by atoms with Gasteiger partial charge in [-0.1, -0.05) is 17.7 Å². The van der Waals surface area contributed by atoms with Crippen LogP contribution < -0.4 is 9.47 Å². The summed E-state index contributed by atoms with van der Waals surface area (Å²) in [6.45, 7) is 1.79. The monoisotopic (exact) mass is 294 g/mol. The number of nitrogens with zero attached hydrogens (tertiary/aromatic N) is 2. The molecule has 0 radical (unpaired) electrons. The lowest BCUT2D eigenvalue weighted by atomic mass is 10.1. The summed E-state index contributed by atoms with van der Waals surface area (Å²) in [5.41, 5.74) is 0.867. The Bertz CT molecular complexity index is 661. The van der Waals surface area contributed by atoms with Gasteiger partial charge in [0.05, 0.1) is 18.9 Å². The average Bonchev–Trinajstić information content (AvgIpc) is 2.43. The number of carbonyl (C=O) groups is 1. The molecule has 0 fully saturated rings. The zero-order valence-electron chi connectivity index (χ0n) is 10.8. The van der Waals surface area contributed by atoms with E-state index in [2.05, 4.69) is 9.97 Å². The first-order valence-electron chi connectivity index (χ1n) is 5.59. The summed E-state index contributed by atoms with van der Waals surface area (Å²) >= 11 is 5.94. The van der Waals surface area contributed by atoms with E-state index in [4.69, 9.17) is 26.2 Å². The van der Waals surface area contributed by atoms with Gasteiger partial charge in [0.2, 0.25) is 5.88 Å². The molecule has 104 valence electrons. The number of hydrogen-bond acceptors (Lipinski definition) is 5. The molecule has 0 aliphatic heterocycles. The highest BCUT2D eigenvalue weighted by Crippen LogP contribution is 2.30. The maximum Gasteiger partial charge on any atom is 0.335 e. The number of aromatic carboxylic acids is 1. The fourth-order valence-corrected chi connectivity index (χ4v) is 1.58. The number of benzene rings is 1. The van der Waals surface area contributed by atoms with Crippen LogP contribution in [0.3, 0.4) is 0 Å². The van der Waals surface area contributed by atoms with Crippen LogP contribution in [-0.2, 0) is 0 Å². The van der Waals surface area contributed by atoms with Crippen molar-refractivity contribution in [2.45, 2.75) is 6.92 Å². The largest absolute Gasteiger partial charge is 0.478 e. The first kappa shape index (κ1) is 14.1. The molecule has 0 spiro atoms. The Morgan fingerprint density at radius 3 is 2.80 bits per heavy atom. The molecule has 0 saturated heterocycles. The van der Waals surface area contributed by atoms with Crippen molar-refractivity contribution in [3.05, 3.63) is 40.5 Å². The second-order valence-electron chi connectivity index (χ2n) is 3.90. The highest BCUT2D eigenvalue weighted by Gasteiger charge is 2.12. The van der Waals surface area contributed by atoms with Crippen molar-refractivity contribution in [1.29, 1.82) is 0 Å². The van der Waals surface area contributed by atoms with E-state index in [0.29, 0.717) is 5.75 Å². The zero-order valence-corrected chi connectivity index (χ0v) is 11.5. The molecule has 1 aromatic carbocycles. The molecule has 0 aliphatic rings. The van der Waals surface area contributed by atoms with Crippen LogP contribution in [0.2, 0.25) is 5.02 Å². The third-order valence-corrected chi connectivity index (χ3v) is 2.77. The third-order valence-electron chi connectivity index (χ3n) is 2.51. The van der Waals surface area contributed by atoms with Crippen molar-refractivity contribution in [2.75, 3.05) is 7.11 Å². The molecule has 6 nitrogen and oxygen atoms in total.